The quantitative estimate of drug-likeness (QED) is 0.903. The van der Waals surface area contributed by atoms with E-state index < -0.39 is 6.61 Å². The van der Waals surface area contributed by atoms with Crippen molar-refractivity contribution in [2.45, 2.75) is 51.7 Å². The molecule has 0 radical (unpaired) electrons. The van der Waals surface area contributed by atoms with Crippen LogP contribution in [0.5, 0.6) is 5.75 Å². The summed E-state index contributed by atoms with van der Waals surface area (Å²) in [4.78, 5) is 12.0. The van der Waals surface area contributed by atoms with Crippen molar-refractivity contribution in [3.05, 3.63) is 29.8 Å². The summed E-state index contributed by atoms with van der Waals surface area (Å²) in [5.41, 5.74) is 0.789. The highest BCUT2D eigenvalue weighted by Gasteiger charge is 2.22. The average Bonchev–Trinajstić information content (AvgIpc) is 2.43. The third kappa shape index (κ3) is 4.99. The molecule has 21 heavy (non-hydrogen) atoms. The van der Waals surface area contributed by atoms with Crippen molar-refractivity contribution >= 4 is 5.91 Å². The van der Waals surface area contributed by atoms with Crippen molar-refractivity contribution in [2.75, 3.05) is 0 Å². The van der Waals surface area contributed by atoms with Gasteiger partial charge in [0.2, 0.25) is 5.91 Å². The molecule has 1 aliphatic rings. The molecule has 0 bridgehead atoms. The highest BCUT2D eigenvalue weighted by molar-refractivity contribution is 5.78. The topological polar surface area (TPSA) is 38.3 Å². The zero-order chi connectivity index (χ0) is 15.2. The lowest BCUT2D eigenvalue weighted by Gasteiger charge is -2.29. The molecule has 0 saturated heterocycles. The van der Waals surface area contributed by atoms with Crippen LogP contribution in [0.3, 0.4) is 0 Å². The van der Waals surface area contributed by atoms with Crippen LogP contribution >= 0.6 is 0 Å². The number of alkyl halides is 2. The van der Waals surface area contributed by atoms with Gasteiger partial charge in [-0.15, -0.1) is 0 Å². The molecule has 1 amide bonds. The second-order valence-electron chi connectivity index (χ2n) is 5.63. The average molecular weight is 297 g/mol. The summed E-state index contributed by atoms with van der Waals surface area (Å²) >= 11 is 0. The Morgan fingerprint density at radius 3 is 2.57 bits per heavy atom. The van der Waals surface area contributed by atoms with Crippen molar-refractivity contribution in [1.29, 1.82) is 0 Å². The second-order valence-corrected chi connectivity index (χ2v) is 5.63. The van der Waals surface area contributed by atoms with E-state index in [4.69, 9.17) is 0 Å². The van der Waals surface area contributed by atoms with Gasteiger partial charge in [0.15, 0.2) is 0 Å². The fourth-order valence-electron chi connectivity index (χ4n) is 2.76. The molecule has 1 saturated carbocycles. The molecule has 0 spiro atoms. The Bertz CT molecular complexity index is 462. The summed E-state index contributed by atoms with van der Waals surface area (Å²) in [6.07, 6.45) is 4.85. The first-order chi connectivity index (χ1) is 10.0. The lowest BCUT2D eigenvalue weighted by molar-refractivity contribution is -0.121. The first kappa shape index (κ1) is 15.7. The summed E-state index contributed by atoms with van der Waals surface area (Å²) in [6.45, 7) is -0.660. The standard InChI is InChI=1S/C16H21F2NO2/c1-11-4-2-3-5-14(11)19-15(20)10-12-6-8-13(9-7-12)21-16(17)18/h6-9,11,14,16H,2-5,10H2,1H3,(H,19,20). The molecule has 0 heterocycles. The SMILES string of the molecule is CC1CCCCC1NC(=O)Cc1ccc(OC(F)F)cc1. The van der Waals surface area contributed by atoms with Gasteiger partial charge >= 0.3 is 6.61 Å². The minimum atomic E-state index is -2.83. The normalized spacial score (nSPS) is 22.1. The summed E-state index contributed by atoms with van der Waals surface area (Å²) in [5.74, 6) is 0.607. The van der Waals surface area contributed by atoms with Crippen molar-refractivity contribution in [1.82, 2.24) is 5.32 Å². The minimum Gasteiger partial charge on any atom is -0.435 e. The van der Waals surface area contributed by atoms with Gasteiger partial charge in [-0.25, -0.2) is 0 Å². The number of carbonyl (C=O) groups excluding carboxylic acids is 1. The maximum Gasteiger partial charge on any atom is 0.387 e. The number of nitrogens with one attached hydrogen (secondary N) is 1. The van der Waals surface area contributed by atoms with Crippen LogP contribution < -0.4 is 10.1 Å². The van der Waals surface area contributed by atoms with Gasteiger partial charge in [0.05, 0.1) is 6.42 Å². The lowest BCUT2D eigenvalue weighted by Crippen LogP contribution is -2.41. The van der Waals surface area contributed by atoms with E-state index in [1.807, 2.05) is 0 Å². The molecule has 116 valence electrons. The van der Waals surface area contributed by atoms with Crippen LogP contribution in [0.4, 0.5) is 8.78 Å². The zero-order valence-corrected chi connectivity index (χ0v) is 12.1. The monoisotopic (exact) mass is 297 g/mol. The predicted octanol–water partition coefficient (Wildman–Crippen LogP) is 3.53. The molecule has 2 rings (SSSR count). The number of hydrogen-bond acceptors (Lipinski definition) is 2. The molecule has 3 nitrogen and oxygen atoms in total. The van der Waals surface area contributed by atoms with Crippen molar-refractivity contribution in [2.24, 2.45) is 5.92 Å². The van der Waals surface area contributed by atoms with Gasteiger partial charge in [-0.3, -0.25) is 4.79 Å². The summed E-state index contributed by atoms with van der Waals surface area (Å²) in [6, 6.07) is 6.45. The smallest absolute Gasteiger partial charge is 0.387 e. The minimum absolute atomic E-state index is 0.0173. The first-order valence-corrected chi connectivity index (χ1v) is 7.37. The molecule has 1 aliphatic carbocycles. The molecular formula is C16H21F2NO2. The van der Waals surface area contributed by atoms with E-state index in [1.165, 1.54) is 18.6 Å². The van der Waals surface area contributed by atoms with Gasteiger partial charge in [-0.2, -0.15) is 8.78 Å². The number of carbonyl (C=O) groups is 1. The van der Waals surface area contributed by atoms with Crippen LogP contribution in [0.15, 0.2) is 24.3 Å². The molecular weight excluding hydrogens is 276 g/mol. The molecule has 2 unspecified atom stereocenters. The Morgan fingerprint density at radius 2 is 1.95 bits per heavy atom. The van der Waals surface area contributed by atoms with Gasteiger partial charge in [0.25, 0.3) is 0 Å². The van der Waals surface area contributed by atoms with Gasteiger partial charge in [-0.1, -0.05) is 31.9 Å². The molecule has 1 N–H and O–H groups in total. The van der Waals surface area contributed by atoms with Gasteiger partial charge in [-0.05, 0) is 36.5 Å². The largest absolute Gasteiger partial charge is 0.435 e. The van der Waals surface area contributed by atoms with Gasteiger partial charge < -0.3 is 10.1 Å². The van der Waals surface area contributed by atoms with E-state index in [-0.39, 0.29) is 24.1 Å². The van der Waals surface area contributed by atoms with Crippen LogP contribution in [0, 0.1) is 5.92 Å². The Hall–Kier alpha value is -1.65. The zero-order valence-electron chi connectivity index (χ0n) is 12.1. The third-order valence-electron chi connectivity index (χ3n) is 3.97. The fourth-order valence-corrected chi connectivity index (χ4v) is 2.76. The van der Waals surface area contributed by atoms with Crippen LogP contribution in [0.25, 0.3) is 0 Å². The number of ether oxygens (including phenoxy) is 1. The Morgan fingerprint density at radius 1 is 1.29 bits per heavy atom. The Kier molecular flexibility index (Phi) is 5.53. The first-order valence-electron chi connectivity index (χ1n) is 7.37. The predicted molar refractivity (Wildman–Crippen MR) is 76.3 cm³/mol. The number of halogens is 2. The molecule has 1 fully saturated rings. The summed E-state index contributed by atoms with van der Waals surface area (Å²) < 4.78 is 28.4. The number of rotatable bonds is 5. The van der Waals surface area contributed by atoms with E-state index >= 15 is 0 Å². The highest BCUT2D eigenvalue weighted by Crippen LogP contribution is 2.23. The maximum atomic E-state index is 12.0. The molecule has 2 atom stereocenters. The highest BCUT2D eigenvalue weighted by atomic mass is 19.3. The van der Waals surface area contributed by atoms with Crippen LogP contribution in [0.1, 0.15) is 38.2 Å². The van der Waals surface area contributed by atoms with E-state index in [9.17, 15) is 13.6 Å². The van der Waals surface area contributed by atoms with Crippen molar-refractivity contribution < 1.29 is 18.3 Å². The number of benzene rings is 1. The maximum absolute atomic E-state index is 12.0. The summed E-state index contributed by atoms with van der Waals surface area (Å²) in [7, 11) is 0. The molecule has 1 aromatic carbocycles. The molecule has 0 aliphatic heterocycles. The Balaban J connectivity index is 1.84. The summed E-state index contributed by atoms with van der Waals surface area (Å²) in [5, 5.41) is 3.07. The van der Waals surface area contributed by atoms with E-state index in [2.05, 4.69) is 17.0 Å². The van der Waals surface area contributed by atoms with E-state index in [1.54, 1.807) is 12.1 Å². The number of amides is 1. The van der Waals surface area contributed by atoms with E-state index in [0.717, 1.165) is 24.8 Å². The molecule has 1 aromatic rings. The van der Waals surface area contributed by atoms with Gasteiger partial charge in [0.1, 0.15) is 5.75 Å². The van der Waals surface area contributed by atoms with Gasteiger partial charge in [0, 0.05) is 6.04 Å². The second kappa shape index (κ2) is 7.38. The third-order valence-corrected chi connectivity index (χ3v) is 3.97. The fraction of sp³-hybridized carbons (Fsp3) is 0.562. The van der Waals surface area contributed by atoms with Crippen molar-refractivity contribution in [3.63, 3.8) is 0 Å². The van der Waals surface area contributed by atoms with Crippen LogP contribution in [0.2, 0.25) is 0 Å². The van der Waals surface area contributed by atoms with Crippen LogP contribution in [-0.4, -0.2) is 18.6 Å². The van der Waals surface area contributed by atoms with Crippen LogP contribution in [-0.2, 0) is 11.2 Å². The molecule has 5 heteroatoms. The number of hydrogen-bond donors (Lipinski definition) is 1. The lowest BCUT2D eigenvalue weighted by atomic mass is 9.86. The van der Waals surface area contributed by atoms with E-state index in [0.29, 0.717) is 5.92 Å². The molecule has 0 aromatic heterocycles. The Labute approximate surface area is 123 Å². The van der Waals surface area contributed by atoms with Crippen molar-refractivity contribution in [3.8, 4) is 5.75 Å².